The minimum atomic E-state index is -0.496. The largest absolute Gasteiger partial charge is 0.331 e. The highest BCUT2D eigenvalue weighted by molar-refractivity contribution is 7.80. The molecule has 0 aliphatic rings. The lowest BCUT2D eigenvalue weighted by molar-refractivity contribution is -0.385. The van der Waals surface area contributed by atoms with Crippen molar-refractivity contribution in [2.45, 2.75) is 6.92 Å². The summed E-state index contributed by atoms with van der Waals surface area (Å²) in [6.07, 6.45) is 1.28. The Morgan fingerprint density at radius 3 is 2.63 bits per heavy atom. The summed E-state index contributed by atoms with van der Waals surface area (Å²) in [7, 11) is 0. The summed E-state index contributed by atoms with van der Waals surface area (Å²) in [6, 6.07) is 6.92. The van der Waals surface area contributed by atoms with Crippen LogP contribution >= 0.6 is 23.8 Å². The summed E-state index contributed by atoms with van der Waals surface area (Å²) >= 11 is 10.9. The number of rotatable bonds is 2. The third kappa shape index (κ3) is 3.07. The van der Waals surface area contributed by atoms with Gasteiger partial charge in [-0.05, 0) is 43.4 Å². The van der Waals surface area contributed by atoms with Crippen molar-refractivity contribution in [3.63, 3.8) is 0 Å². The number of benzene rings is 1. The molecule has 0 aliphatic carbocycles. The van der Waals surface area contributed by atoms with Crippen molar-refractivity contribution in [1.29, 1.82) is 0 Å². The van der Waals surface area contributed by atoms with E-state index in [9.17, 15) is 10.1 Å². The fraction of sp³-hybridized carbons (Fsp3) is 0.0909. The second kappa shape index (κ2) is 5.33. The number of nitro groups is 1. The molecule has 0 aliphatic heterocycles. The highest BCUT2D eigenvalue weighted by Crippen LogP contribution is 2.17. The van der Waals surface area contributed by atoms with E-state index in [2.05, 4.69) is 10.4 Å². The number of nitrogens with zero attached hydrogens (tertiary/aromatic N) is 3. The fourth-order valence-corrected chi connectivity index (χ4v) is 1.79. The van der Waals surface area contributed by atoms with Gasteiger partial charge in [0.15, 0.2) is 5.11 Å². The Morgan fingerprint density at radius 1 is 1.47 bits per heavy atom. The van der Waals surface area contributed by atoms with Gasteiger partial charge in [-0.15, -0.1) is 0 Å². The van der Waals surface area contributed by atoms with Crippen LogP contribution in [0.5, 0.6) is 0 Å². The Morgan fingerprint density at radius 2 is 2.11 bits per heavy atom. The lowest BCUT2D eigenvalue weighted by Gasteiger charge is -2.06. The van der Waals surface area contributed by atoms with Gasteiger partial charge in [0.1, 0.15) is 11.9 Å². The molecule has 98 valence electrons. The van der Waals surface area contributed by atoms with Crippen molar-refractivity contribution in [2.24, 2.45) is 0 Å². The monoisotopic (exact) mass is 296 g/mol. The van der Waals surface area contributed by atoms with Gasteiger partial charge >= 0.3 is 5.69 Å². The molecule has 19 heavy (non-hydrogen) atoms. The van der Waals surface area contributed by atoms with E-state index in [1.165, 1.54) is 10.9 Å². The smallest absolute Gasteiger partial charge is 0.310 e. The minimum absolute atomic E-state index is 0.0692. The highest BCUT2D eigenvalue weighted by Gasteiger charge is 2.17. The molecular formula is C11H9ClN4O2S. The first-order valence-electron chi connectivity index (χ1n) is 5.25. The van der Waals surface area contributed by atoms with E-state index in [1.54, 1.807) is 31.2 Å². The Labute approximate surface area is 119 Å². The van der Waals surface area contributed by atoms with Crippen molar-refractivity contribution in [3.8, 4) is 0 Å². The molecule has 0 fully saturated rings. The van der Waals surface area contributed by atoms with E-state index >= 15 is 0 Å². The van der Waals surface area contributed by atoms with Gasteiger partial charge in [-0.25, -0.2) is 4.68 Å². The summed E-state index contributed by atoms with van der Waals surface area (Å²) in [5.41, 5.74) is 0.968. The van der Waals surface area contributed by atoms with E-state index in [1.807, 2.05) is 0 Å². The van der Waals surface area contributed by atoms with E-state index in [-0.39, 0.29) is 10.8 Å². The molecule has 0 unspecified atom stereocenters. The summed E-state index contributed by atoms with van der Waals surface area (Å²) < 4.78 is 1.26. The summed E-state index contributed by atoms with van der Waals surface area (Å²) in [5.74, 6) is 0. The molecule has 2 aromatic rings. The standard InChI is InChI=1S/C11H9ClN4O2S/c1-7-10(16(17)18)6-15(14-7)11(19)13-9-4-2-8(12)3-5-9/h2-6H,1H3,(H,13,19). The quantitative estimate of drug-likeness (QED) is 0.524. The van der Waals surface area contributed by atoms with Crippen molar-refractivity contribution in [1.82, 2.24) is 9.78 Å². The van der Waals surface area contributed by atoms with Crippen LogP contribution in [0.25, 0.3) is 0 Å². The highest BCUT2D eigenvalue weighted by atomic mass is 35.5. The summed E-state index contributed by atoms with van der Waals surface area (Å²) in [4.78, 5) is 10.2. The molecule has 0 spiro atoms. The van der Waals surface area contributed by atoms with Gasteiger partial charge < -0.3 is 5.32 Å². The van der Waals surface area contributed by atoms with Crippen LogP contribution < -0.4 is 5.32 Å². The molecule has 0 bridgehead atoms. The molecule has 0 amide bonds. The zero-order valence-corrected chi connectivity index (χ0v) is 11.4. The zero-order chi connectivity index (χ0) is 14.0. The van der Waals surface area contributed by atoms with Gasteiger partial charge in [-0.1, -0.05) is 11.6 Å². The average molecular weight is 297 g/mol. The average Bonchev–Trinajstić information content (AvgIpc) is 2.74. The van der Waals surface area contributed by atoms with Crippen LogP contribution in [0.15, 0.2) is 30.5 Å². The molecular weight excluding hydrogens is 288 g/mol. The van der Waals surface area contributed by atoms with Crippen LogP contribution in [0.2, 0.25) is 5.02 Å². The molecule has 1 aromatic carbocycles. The Balaban J connectivity index is 2.18. The first-order valence-corrected chi connectivity index (χ1v) is 6.03. The molecule has 8 heteroatoms. The van der Waals surface area contributed by atoms with E-state index < -0.39 is 4.92 Å². The molecule has 1 aromatic heterocycles. The lowest BCUT2D eigenvalue weighted by atomic mass is 10.3. The van der Waals surface area contributed by atoms with Gasteiger partial charge in [-0.3, -0.25) is 10.1 Å². The normalized spacial score (nSPS) is 10.2. The molecule has 6 nitrogen and oxygen atoms in total. The van der Waals surface area contributed by atoms with Gasteiger partial charge in [0.25, 0.3) is 0 Å². The molecule has 2 rings (SSSR count). The third-order valence-corrected chi connectivity index (χ3v) is 2.91. The molecule has 0 saturated carbocycles. The summed E-state index contributed by atoms with van der Waals surface area (Å²) in [6.45, 7) is 1.56. The van der Waals surface area contributed by atoms with Crippen LogP contribution in [0.4, 0.5) is 11.4 Å². The number of aromatic nitrogens is 2. The third-order valence-electron chi connectivity index (χ3n) is 2.37. The topological polar surface area (TPSA) is 73.0 Å². The van der Waals surface area contributed by atoms with Gasteiger partial charge in [-0.2, -0.15) is 5.10 Å². The van der Waals surface area contributed by atoms with Crippen molar-refractivity contribution in [2.75, 3.05) is 5.32 Å². The van der Waals surface area contributed by atoms with E-state index in [0.717, 1.165) is 5.69 Å². The Hall–Kier alpha value is -1.99. The Kier molecular flexibility index (Phi) is 3.77. The minimum Gasteiger partial charge on any atom is -0.331 e. The molecule has 1 heterocycles. The zero-order valence-electron chi connectivity index (χ0n) is 9.83. The number of hydrogen-bond donors (Lipinski definition) is 1. The number of hydrogen-bond acceptors (Lipinski definition) is 4. The number of thiocarbonyl (C=S) groups is 1. The predicted octanol–water partition coefficient (Wildman–Crippen LogP) is 3.00. The second-order valence-corrected chi connectivity index (χ2v) is 4.56. The number of nitrogens with one attached hydrogen (secondary N) is 1. The first kappa shape index (κ1) is 13.4. The first-order chi connectivity index (χ1) is 8.97. The van der Waals surface area contributed by atoms with Crippen LogP contribution in [-0.2, 0) is 0 Å². The van der Waals surface area contributed by atoms with Crippen molar-refractivity contribution in [3.05, 3.63) is 51.3 Å². The number of anilines is 1. The van der Waals surface area contributed by atoms with E-state index in [4.69, 9.17) is 23.8 Å². The predicted molar refractivity (Wildman–Crippen MR) is 76.7 cm³/mol. The Bertz CT molecular complexity index is 639. The number of halogens is 1. The lowest BCUT2D eigenvalue weighted by Crippen LogP contribution is -2.19. The maximum absolute atomic E-state index is 10.7. The molecule has 0 saturated heterocycles. The fourth-order valence-electron chi connectivity index (χ4n) is 1.45. The van der Waals surface area contributed by atoms with Crippen LogP contribution in [0.1, 0.15) is 5.69 Å². The molecule has 0 radical (unpaired) electrons. The van der Waals surface area contributed by atoms with Crippen molar-refractivity contribution >= 4 is 40.3 Å². The SMILES string of the molecule is Cc1nn(C(=S)Nc2ccc(Cl)cc2)cc1[N+](=O)[O-]. The molecule has 1 N–H and O–H groups in total. The van der Waals surface area contributed by atoms with E-state index in [0.29, 0.717) is 10.7 Å². The van der Waals surface area contributed by atoms with Gasteiger partial charge in [0.2, 0.25) is 0 Å². The second-order valence-electron chi connectivity index (χ2n) is 3.74. The maximum Gasteiger partial charge on any atom is 0.310 e. The summed E-state index contributed by atoms with van der Waals surface area (Å²) in [5, 5.41) is 18.5. The van der Waals surface area contributed by atoms with Crippen LogP contribution in [0.3, 0.4) is 0 Å². The van der Waals surface area contributed by atoms with Gasteiger partial charge in [0, 0.05) is 10.7 Å². The number of aryl methyl sites for hydroxylation is 1. The van der Waals surface area contributed by atoms with Crippen LogP contribution in [-0.4, -0.2) is 19.8 Å². The van der Waals surface area contributed by atoms with Gasteiger partial charge in [0.05, 0.1) is 4.92 Å². The van der Waals surface area contributed by atoms with Crippen LogP contribution in [0, 0.1) is 17.0 Å². The van der Waals surface area contributed by atoms with Crippen molar-refractivity contribution < 1.29 is 4.92 Å². The maximum atomic E-state index is 10.7. The molecule has 0 atom stereocenters.